The normalized spacial score (nSPS) is 9.47. The van der Waals surface area contributed by atoms with Gasteiger partial charge >= 0.3 is 6.03 Å². The van der Waals surface area contributed by atoms with Crippen LogP contribution in [-0.2, 0) is 0 Å². The third-order valence-corrected chi connectivity index (χ3v) is 2.13. The quantitative estimate of drug-likeness (QED) is 0.666. The average molecular weight is 276 g/mol. The van der Waals surface area contributed by atoms with Crippen LogP contribution in [0.3, 0.4) is 0 Å². The second kappa shape index (κ2) is 4.74. The summed E-state index contributed by atoms with van der Waals surface area (Å²) in [4.78, 5) is 21.6. The van der Waals surface area contributed by atoms with Gasteiger partial charge in [-0.25, -0.2) is 14.6 Å². The minimum absolute atomic E-state index is 0.185. The van der Waals surface area contributed by atoms with Crippen LogP contribution in [0, 0.1) is 5.82 Å². The average Bonchev–Trinajstić information content (AvgIpc) is 2.14. The van der Waals surface area contributed by atoms with Crippen molar-refractivity contribution in [3.8, 4) is 0 Å². The molecule has 0 heterocycles. The predicted octanol–water partition coefficient (Wildman–Crippen LogP) is 0.901. The number of benzene rings is 1. The Morgan fingerprint density at radius 1 is 1.33 bits per heavy atom. The lowest BCUT2D eigenvalue weighted by Crippen LogP contribution is -2.44. The third kappa shape index (κ3) is 3.21. The van der Waals surface area contributed by atoms with Gasteiger partial charge in [-0.15, -0.1) is 0 Å². The van der Waals surface area contributed by atoms with Gasteiger partial charge in [0, 0.05) is 4.47 Å². The van der Waals surface area contributed by atoms with Crippen LogP contribution in [0.4, 0.5) is 9.18 Å². The van der Waals surface area contributed by atoms with Crippen molar-refractivity contribution >= 4 is 27.9 Å². The number of urea groups is 1. The van der Waals surface area contributed by atoms with Crippen molar-refractivity contribution in [2.75, 3.05) is 0 Å². The fourth-order valence-corrected chi connectivity index (χ4v) is 1.39. The van der Waals surface area contributed by atoms with E-state index in [0.717, 1.165) is 12.1 Å². The summed E-state index contributed by atoms with van der Waals surface area (Å²) in [7, 11) is 0. The van der Waals surface area contributed by atoms with Crippen LogP contribution in [0.2, 0.25) is 0 Å². The lowest BCUT2D eigenvalue weighted by atomic mass is 10.2. The Morgan fingerprint density at radius 3 is 2.53 bits per heavy atom. The molecule has 0 aliphatic rings. The number of hydrazine groups is 1. The Kier molecular flexibility index (Phi) is 3.62. The second-order valence-corrected chi connectivity index (χ2v) is 3.42. The van der Waals surface area contributed by atoms with E-state index in [1.807, 2.05) is 10.9 Å². The van der Waals surface area contributed by atoms with Crippen LogP contribution in [-0.4, -0.2) is 11.9 Å². The zero-order valence-electron chi connectivity index (χ0n) is 7.38. The molecule has 1 aromatic carbocycles. The number of hydrogen-bond acceptors (Lipinski definition) is 2. The highest BCUT2D eigenvalue weighted by Crippen LogP contribution is 2.17. The molecule has 0 bridgehead atoms. The first-order chi connectivity index (χ1) is 7.00. The zero-order valence-corrected chi connectivity index (χ0v) is 8.97. The molecule has 4 N–H and O–H groups in total. The van der Waals surface area contributed by atoms with Gasteiger partial charge in [-0.3, -0.25) is 10.2 Å². The fourth-order valence-electron chi connectivity index (χ4n) is 0.859. The minimum atomic E-state index is -0.887. The van der Waals surface area contributed by atoms with Crippen LogP contribution >= 0.6 is 15.9 Å². The van der Waals surface area contributed by atoms with Gasteiger partial charge in [-0.05, 0) is 34.1 Å². The topological polar surface area (TPSA) is 84.2 Å². The molecule has 0 spiro atoms. The van der Waals surface area contributed by atoms with Crippen molar-refractivity contribution in [1.82, 2.24) is 10.9 Å². The summed E-state index contributed by atoms with van der Waals surface area (Å²) in [5, 5.41) is 0. The van der Waals surface area contributed by atoms with Crippen molar-refractivity contribution in [3.63, 3.8) is 0 Å². The van der Waals surface area contributed by atoms with Crippen LogP contribution in [0.15, 0.2) is 22.7 Å². The van der Waals surface area contributed by atoms with E-state index in [0.29, 0.717) is 0 Å². The molecule has 0 aromatic heterocycles. The van der Waals surface area contributed by atoms with Gasteiger partial charge in [0.1, 0.15) is 5.82 Å². The van der Waals surface area contributed by atoms with Gasteiger partial charge in [-0.1, -0.05) is 0 Å². The number of rotatable bonds is 1. The molecule has 1 aromatic rings. The molecule has 0 radical (unpaired) electrons. The first-order valence-corrected chi connectivity index (χ1v) is 4.61. The molecule has 0 saturated carbocycles. The summed E-state index contributed by atoms with van der Waals surface area (Å²) in [6, 6.07) is 2.65. The summed E-state index contributed by atoms with van der Waals surface area (Å²) in [5.41, 5.74) is 8.88. The molecule has 1 rings (SSSR count). The summed E-state index contributed by atoms with van der Waals surface area (Å²) in [5.74, 6) is -1.07. The van der Waals surface area contributed by atoms with E-state index in [2.05, 4.69) is 15.9 Å². The number of hydrogen-bond donors (Lipinski definition) is 3. The van der Waals surface area contributed by atoms with Crippen LogP contribution in [0.5, 0.6) is 0 Å². The molecule has 0 aliphatic carbocycles. The Morgan fingerprint density at radius 2 is 2.00 bits per heavy atom. The number of carbonyl (C=O) groups is 2. The second-order valence-electron chi connectivity index (χ2n) is 2.57. The number of primary amides is 1. The van der Waals surface area contributed by atoms with Crippen molar-refractivity contribution in [2.24, 2.45) is 5.73 Å². The summed E-state index contributed by atoms with van der Waals surface area (Å²) in [6.45, 7) is 0. The van der Waals surface area contributed by atoms with Crippen molar-refractivity contribution in [2.45, 2.75) is 0 Å². The Balaban J connectivity index is 2.78. The Bertz CT molecular complexity index is 411. The van der Waals surface area contributed by atoms with Gasteiger partial charge in [0.15, 0.2) is 0 Å². The number of nitrogens with two attached hydrogens (primary N) is 1. The largest absolute Gasteiger partial charge is 0.350 e. The van der Waals surface area contributed by atoms with Gasteiger partial charge in [0.2, 0.25) is 0 Å². The molecule has 0 saturated heterocycles. The van der Waals surface area contributed by atoms with Gasteiger partial charge in [0.25, 0.3) is 5.91 Å². The molecule has 0 unspecified atom stereocenters. The van der Waals surface area contributed by atoms with Crippen molar-refractivity contribution in [1.29, 1.82) is 0 Å². The highest BCUT2D eigenvalue weighted by molar-refractivity contribution is 9.10. The number of nitrogens with one attached hydrogen (secondary N) is 2. The maximum absolute atomic E-state index is 12.7. The minimum Gasteiger partial charge on any atom is -0.350 e. The SMILES string of the molecule is NC(=O)NNC(=O)c1ccc(F)cc1Br. The van der Waals surface area contributed by atoms with Gasteiger partial charge in [0.05, 0.1) is 5.56 Å². The maximum Gasteiger partial charge on any atom is 0.330 e. The number of halogens is 2. The van der Waals surface area contributed by atoms with E-state index in [1.165, 1.54) is 6.07 Å². The number of carbonyl (C=O) groups excluding carboxylic acids is 2. The lowest BCUT2D eigenvalue weighted by Gasteiger charge is -2.06. The molecule has 80 valence electrons. The molecule has 0 atom stereocenters. The zero-order chi connectivity index (χ0) is 11.4. The first kappa shape index (κ1) is 11.4. The first-order valence-electron chi connectivity index (χ1n) is 3.81. The molecular formula is C8H7BrFN3O2. The molecule has 15 heavy (non-hydrogen) atoms. The van der Waals surface area contributed by atoms with E-state index >= 15 is 0 Å². The Labute approximate surface area is 92.9 Å². The van der Waals surface area contributed by atoms with Crippen LogP contribution < -0.4 is 16.6 Å². The summed E-state index contributed by atoms with van der Waals surface area (Å²) < 4.78 is 13.0. The Hall–Kier alpha value is -1.63. The maximum atomic E-state index is 12.7. The number of amides is 3. The van der Waals surface area contributed by atoms with E-state index in [4.69, 9.17) is 5.73 Å². The monoisotopic (exact) mass is 275 g/mol. The molecule has 7 heteroatoms. The van der Waals surface area contributed by atoms with E-state index in [-0.39, 0.29) is 10.0 Å². The van der Waals surface area contributed by atoms with Gasteiger partial charge in [-0.2, -0.15) is 0 Å². The highest BCUT2D eigenvalue weighted by atomic mass is 79.9. The van der Waals surface area contributed by atoms with Crippen LogP contribution in [0.25, 0.3) is 0 Å². The molecule has 0 fully saturated rings. The van der Waals surface area contributed by atoms with Crippen molar-refractivity contribution < 1.29 is 14.0 Å². The smallest absolute Gasteiger partial charge is 0.330 e. The van der Waals surface area contributed by atoms with E-state index < -0.39 is 17.8 Å². The third-order valence-electron chi connectivity index (χ3n) is 1.47. The molecule has 5 nitrogen and oxygen atoms in total. The van der Waals surface area contributed by atoms with Crippen LogP contribution in [0.1, 0.15) is 10.4 Å². The molecule has 3 amide bonds. The van der Waals surface area contributed by atoms with Gasteiger partial charge < -0.3 is 5.73 Å². The highest BCUT2D eigenvalue weighted by Gasteiger charge is 2.10. The predicted molar refractivity (Wildman–Crippen MR) is 54.3 cm³/mol. The van der Waals surface area contributed by atoms with E-state index in [9.17, 15) is 14.0 Å². The lowest BCUT2D eigenvalue weighted by molar-refractivity contribution is 0.0936. The fraction of sp³-hybridized carbons (Fsp3) is 0. The summed E-state index contributed by atoms with van der Waals surface area (Å²) >= 11 is 3.01. The molecular weight excluding hydrogens is 269 g/mol. The standard InChI is InChI=1S/C8H7BrFN3O2/c9-6-3-4(10)1-2-5(6)7(14)12-13-8(11)15/h1-3H,(H,12,14)(H3,11,13,15). The summed E-state index contributed by atoms with van der Waals surface area (Å²) in [6.07, 6.45) is 0. The van der Waals surface area contributed by atoms with E-state index in [1.54, 1.807) is 0 Å². The van der Waals surface area contributed by atoms with Crippen molar-refractivity contribution in [3.05, 3.63) is 34.1 Å². The molecule has 0 aliphatic heterocycles.